The van der Waals surface area contributed by atoms with Crippen LogP contribution in [-0.2, 0) is 0 Å². The van der Waals surface area contributed by atoms with Crippen LogP contribution < -0.4 is 0 Å². The van der Waals surface area contributed by atoms with Gasteiger partial charge in [-0.25, -0.2) is 0 Å². The Kier molecular flexibility index (Phi) is 3.07. The average Bonchev–Trinajstić information content (AvgIpc) is 2.42. The Morgan fingerprint density at radius 3 is 2.09 bits per heavy atom. The predicted molar refractivity (Wildman–Crippen MR) is 50.7 cm³/mol. The zero-order valence-electron chi connectivity index (χ0n) is 6.68. The molecule has 0 spiro atoms. The lowest BCUT2D eigenvalue weighted by atomic mass is 9.97. The summed E-state index contributed by atoms with van der Waals surface area (Å²) >= 11 is 5.96. The highest BCUT2D eigenvalue weighted by molar-refractivity contribution is 6.18. The van der Waals surface area contributed by atoms with Crippen LogP contribution in [0, 0.1) is 0 Å². The summed E-state index contributed by atoms with van der Waals surface area (Å²) in [5.74, 6) is 0.854. The molecule has 0 atom stereocenters. The maximum absolute atomic E-state index is 5.96. The quantitative estimate of drug-likeness (QED) is 0.581. The van der Waals surface area contributed by atoms with E-state index in [1.165, 1.54) is 38.8 Å². The Labute approximate surface area is 79.5 Å². The van der Waals surface area contributed by atoms with Gasteiger partial charge in [0.25, 0.3) is 0 Å². The van der Waals surface area contributed by atoms with Crippen molar-refractivity contribution in [3.8, 4) is 0 Å². The van der Waals surface area contributed by atoms with E-state index in [4.69, 9.17) is 11.6 Å². The molecule has 2 rings (SSSR count). The summed E-state index contributed by atoms with van der Waals surface area (Å²) in [6, 6.07) is 0. The summed E-state index contributed by atoms with van der Waals surface area (Å²) in [5.41, 5.74) is 0.446. The summed E-state index contributed by atoms with van der Waals surface area (Å²) in [4.78, 5) is 2.58. The lowest BCUT2D eigenvalue weighted by Crippen LogP contribution is -2.39. The first-order valence-corrected chi connectivity index (χ1v) is 4.72. The lowest BCUT2D eigenvalue weighted by molar-refractivity contribution is 0.222. The second-order valence-electron chi connectivity index (χ2n) is 3.55. The van der Waals surface area contributed by atoms with Crippen molar-refractivity contribution >= 4 is 24.0 Å². The molecule has 0 unspecified atom stereocenters. The smallest absolute Gasteiger partial charge is 0.0408 e. The highest BCUT2D eigenvalue weighted by Gasteiger charge is 2.43. The van der Waals surface area contributed by atoms with Crippen LogP contribution in [0.15, 0.2) is 0 Å². The molecule has 2 aliphatic heterocycles. The van der Waals surface area contributed by atoms with Crippen molar-refractivity contribution in [2.45, 2.75) is 31.2 Å². The molecule has 66 valence electrons. The van der Waals surface area contributed by atoms with E-state index in [9.17, 15) is 0 Å². The second kappa shape index (κ2) is 3.51. The van der Waals surface area contributed by atoms with Crippen molar-refractivity contribution in [1.29, 1.82) is 0 Å². The van der Waals surface area contributed by atoms with Crippen molar-refractivity contribution in [2.75, 3.05) is 19.0 Å². The number of halogens is 2. The SMILES string of the molecule is Cl.ClCC12CCCN1CCC2. The summed E-state index contributed by atoms with van der Waals surface area (Å²) in [6.07, 6.45) is 5.42. The van der Waals surface area contributed by atoms with Crippen LogP contribution in [-0.4, -0.2) is 29.4 Å². The van der Waals surface area contributed by atoms with Crippen molar-refractivity contribution in [3.63, 3.8) is 0 Å². The van der Waals surface area contributed by atoms with Gasteiger partial charge >= 0.3 is 0 Å². The maximum Gasteiger partial charge on any atom is 0.0408 e. The van der Waals surface area contributed by atoms with Crippen LogP contribution in [0.4, 0.5) is 0 Å². The van der Waals surface area contributed by atoms with Gasteiger partial charge in [-0.2, -0.15) is 0 Å². The van der Waals surface area contributed by atoms with E-state index in [1.807, 2.05) is 0 Å². The number of hydrogen-bond acceptors (Lipinski definition) is 1. The van der Waals surface area contributed by atoms with Crippen molar-refractivity contribution in [3.05, 3.63) is 0 Å². The molecule has 0 N–H and O–H groups in total. The molecule has 0 aromatic heterocycles. The number of hydrogen-bond donors (Lipinski definition) is 0. The van der Waals surface area contributed by atoms with Gasteiger partial charge in [-0.05, 0) is 38.8 Å². The van der Waals surface area contributed by atoms with E-state index in [-0.39, 0.29) is 12.4 Å². The maximum atomic E-state index is 5.96. The van der Waals surface area contributed by atoms with Crippen molar-refractivity contribution < 1.29 is 0 Å². The summed E-state index contributed by atoms with van der Waals surface area (Å²) in [6.45, 7) is 2.60. The molecular weight excluding hydrogens is 181 g/mol. The Morgan fingerprint density at radius 1 is 1.18 bits per heavy atom. The molecule has 0 amide bonds. The third-order valence-electron chi connectivity index (χ3n) is 3.06. The van der Waals surface area contributed by atoms with Gasteiger partial charge in [0.05, 0.1) is 0 Å². The molecule has 0 aromatic carbocycles. The van der Waals surface area contributed by atoms with Gasteiger partial charge in [-0.1, -0.05) is 0 Å². The number of rotatable bonds is 1. The molecule has 11 heavy (non-hydrogen) atoms. The fraction of sp³-hybridized carbons (Fsp3) is 1.00. The molecule has 0 aliphatic carbocycles. The van der Waals surface area contributed by atoms with E-state index < -0.39 is 0 Å². The van der Waals surface area contributed by atoms with Gasteiger partial charge in [-0.3, -0.25) is 4.90 Å². The van der Waals surface area contributed by atoms with Crippen molar-refractivity contribution in [1.82, 2.24) is 4.90 Å². The van der Waals surface area contributed by atoms with E-state index in [1.54, 1.807) is 0 Å². The van der Waals surface area contributed by atoms with Crippen LogP contribution in [0.1, 0.15) is 25.7 Å². The Balaban J connectivity index is 0.000000605. The van der Waals surface area contributed by atoms with Gasteiger partial charge in [0.2, 0.25) is 0 Å². The zero-order valence-corrected chi connectivity index (χ0v) is 8.26. The summed E-state index contributed by atoms with van der Waals surface area (Å²) < 4.78 is 0. The highest BCUT2D eigenvalue weighted by atomic mass is 35.5. The van der Waals surface area contributed by atoms with Gasteiger partial charge in [0.1, 0.15) is 0 Å². The van der Waals surface area contributed by atoms with E-state index in [0.717, 1.165) is 5.88 Å². The first kappa shape index (κ1) is 9.63. The number of nitrogens with zero attached hydrogens (tertiary/aromatic N) is 1. The molecular formula is C8H15Cl2N. The molecule has 3 heteroatoms. The largest absolute Gasteiger partial charge is 0.296 e. The Morgan fingerprint density at radius 2 is 1.73 bits per heavy atom. The average molecular weight is 196 g/mol. The van der Waals surface area contributed by atoms with Crippen LogP contribution in [0.5, 0.6) is 0 Å². The van der Waals surface area contributed by atoms with E-state index in [0.29, 0.717) is 5.54 Å². The topological polar surface area (TPSA) is 3.24 Å². The molecule has 2 heterocycles. The third kappa shape index (κ3) is 1.39. The first-order valence-electron chi connectivity index (χ1n) is 4.18. The summed E-state index contributed by atoms with van der Waals surface area (Å²) in [7, 11) is 0. The zero-order chi connectivity index (χ0) is 7.03. The first-order chi connectivity index (χ1) is 4.87. The molecule has 0 aromatic rings. The van der Waals surface area contributed by atoms with Crippen LogP contribution in [0.2, 0.25) is 0 Å². The molecule has 0 saturated carbocycles. The number of alkyl halides is 1. The molecule has 2 fully saturated rings. The minimum absolute atomic E-state index is 0. The molecule has 0 bridgehead atoms. The highest BCUT2D eigenvalue weighted by Crippen LogP contribution is 2.39. The molecule has 2 aliphatic rings. The van der Waals surface area contributed by atoms with Gasteiger partial charge in [-0.15, -0.1) is 24.0 Å². The third-order valence-corrected chi connectivity index (χ3v) is 3.56. The second-order valence-corrected chi connectivity index (χ2v) is 3.82. The van der Waals surface area contributed by atoms with Crippen molar-refractivity contribution in [2.24, 2.45) is 0 Å². The molecule has 1 nitrogen and oxygen atoms in total. The van der Waals surface area contributed by atoms with Crippen LogP contribution in [0.3, 0.4) is 0 Å². The predicted octanol–water partition coefficient (Wildman–Crippen LogP) is 2.28. The Bertz CT molecular complexity index is 128. The monoisotopic (exact) mass is 195 g/mol. The minimum atomic E-state index is 0. The summed E-state index contributed by atoms with van der Waals surface area (Å²) in [5, 5.41) is 0. The van der Waals surface area contributed by atoms with E-state index >= 15 is 0 Å². The van der Waals surface area contributed by atoms with Gasteiger partial charge < -0.3 is 0 Å². The molecule has 2 saturated heterocycles. The van der Waals surface area contributed by atoms with Crippen LogP contribution >= 0.6 is 24.0 Å². The normalized spacial score (nSPS) is 28.1. The van der Waals surface area contributed by atoms with Crippen LogP contribution in [0.25, 0.3) is 0 Å². The van der Waals surface area contributed by atoms with E-state index in [2.05, 4.69) is 4.90 Å². The standard InChI is InChI=1S/C8H14ClN.ClH/c9-7-8-3-1-5-10(8)6-2-4-8;/h1-7H2;1H. The van der Waals surface area contributed by atoms with Gasteiger partial charge in [0.15, 0.2) is 0 Å². The number of fused-ring (bicyclic) bond motifs is 1. The molecule has 0 radical (unpaired) electrons. The van der Waals surface area contributed by atoms with Gasteiger partial charge in [0, 0.05) is 11.4 Å². The minimum Gasteiger partial charge on any atom is -0.296 e. The Hall–Kier alpha value is 0.540. The fourth-order valence-corrected chi connectivity index (χ4v) is 2.88. The lowest BCUT2D eigenvalue weighted by Gasteiger charge is -2.29. The fourth-order valence-electron chi connectivity index (χ4n) is 2.44.